The number of anilines is 1. The molecule has 3 amide bonds. The van der Waals surface area contributed by atoms with Gasteiger partial charge in [-0.15, -0.1) is 12.4 Å². The maximum atomic E-state index is 12.2. The van der Waals surface area contributed by atoms with E-state index in [1.54, 1.807) is 12.1 Å². The molecule has 1 heterocycles. The molecule has 5 N–H and O–H groups in total. The van der Waals surface area contributed by atoms with Gasteiger partial charge >= 0.3 is 6.03 Å². The van der Waals surface area contributed by atoms with Crippen molar-refractivity contribution in [3.05, 3.63) is 29.8 Å². The number of urea groups is 1. The molecule has 1 fully saturated rings. The van der Waals surface area contributed by atoms with Crippen molar-refractivity contribution in [3.63, 3.8) is 0 Å². The van der Waals surface area contributed by atoms with Gasteiger partial charge in [0.05, 0.1) is 12.0 Å². The number of nitrogens with two attached hydrogens (primary N) is 1. The summed E-state index contributed by atoms with van der Waals surface area (Å²) >= 11 is 0. The Morgan fingerprint density at radius 1 is 1.32 bits per heavy atom. The average Bonchev–Trinajstić information content (AvgIpc) is 2.48. The number of hydrogen-bond acceptors (Lipinski definition) is 3. The number of rotatable bonds is 4. The van der Waals surface area contributed by atoms with Gasteiger partial charge < -0.3 is 21.7 Å². The molecule has 1 aliphatic heterocycles. The van der Waals surface area contributed by atoms with E-state index in [0.717, 1.165) is 31.5 Å². The fourth-order valence-corrected chi connectivity index (χ4v) is 2.49. The van der Waals surface area contributed by atoms with E-state index in [1.165, 1.54) is 0 Å². The molecular weight excluding hydrogens is 304 g/mol. The fourth-order valence-electron chi connectivity index (χ4n) is 2.49. The smallest absolute Gasteiger partial charge is 0.316 e. The van der Waals surface area contributed by atoms with E-state index in [0.29, 0.717) is 5.69 Å². The van der Waals surface area contributed by atoms with Gasteiger partial charge in [0.25, 0.3) is 0 Å². The number of amides is 3. The van der Waals surface area contributed by atoms with Crippen LogP contribution in [0.2, 0.25) is 0 Å². The highest BCUT2D eigenvalue weighted by Gasteiger charge is 2.22. The summed E-state index contributed by atoms with van der Waals surface area (Å²) in [4.78, 5) is 22.9. The zero-order valence-corrected chi connectivity index (χ0v) is 13.4. The molecule has 0 radical (unpaired) electrons. The number of primary amides is 1. The summed E-state index contributed by atoms with van der Waals surface area (Å²) in [6, 6.07) is 6.62. The molecule has 1 saturated heterocycles. The third-order valence-electron chi connectivity index (χ3n) is 3.70. The summed E-state index contributed by atoms with van der Waals surface area (Å²) in [5, 5.41) is 8.78. The number of benzene rings is 1. The standard InChI is InChI=1S/C15H22N4O2.ClH/c1-10(18-14(20)12-3-2-8-17-9-12)11-4-6-13(7-5-11)19-15(16)21;/h4-7,10,12,17H,2-3,8-9H2,1H3,(H,18,20)(H3,16,19,21);1H. The number of halogens is 1. The van der Waals surface area contributed by atoms with Crippen molar-refractivity contribution < 1.29 is 9.59 Å². The van der Waals surface area contributed by atoms with E-state index in [-0.39, 0.29) is 30.3 Å². The van der Waals surface area contributed by atoms with Crippen LogP contribution in [0.3, 0.4) is 0 Å². The van der Waals surface area contributed by atoms with Gasteiger partial charge in [0, 0.05) is 12.2 Å². The number of carbonyl (C=O) groups excluding carboxylic acids is 2. The van der Waals surface area contributed by atoms with Crippen LogP contribution in [-0.2, 0) is 4.79 Å². The van der Waals surface area contributed by atoms with E-state index in [4.69, 9.17) is 5.73 Å². The molecule has 0 bridgehead atoms. The van der Waals surface area contributed by atoms with Crippen molar-refractivity contribution in [3.8, 4) is 0 Å². The second-order valence-corrected chi connectivity index (χ2v) is 5.38. The summed E-state index contributed by atoms with van der Waals surface area (Å²) < 4.78 is 0. The van der Waals surface area contributed by atoms with E-state index >= 15 is 0 Å². The lowest BCUT2D eigenvalue weighted by molar-refractivity contribution is -0.126. The number of carbonyl (C=O) groups is 2. The van der Waals surface area contributed by atoms with Crippen LogP contribution in [0.25, 0.3) is 0 Å². The van der Waals surface area contributed by atoms with Crippen molar-refractivity contribution in [1.82, 2.24) is 10.6 Å². The Balaban J connectivity index is 0.00000242. The first kappa shape index (κ1) is 18.3. The summed E-state index contributed by atoms with van der Waals surface area (Å²) in [6.45, 7) is 3.69. The molecule has 0 saturated carbocycles. The van der Waals surface area contributed by atoms with Crippen LogP contribution in [0.4, 0.5) is 10.5 Å². The van der Waals surface area contributed by atoms with Gasteiger partial charge in [0.2, 0.25) is 5.91 Å². The zero-order chi connectivity index (χ0) is 15.2. The summed E-state index contributed by atoms with van der Waals surface area (Å²) in [5.41, 5.74) is 6.69. The quantitative estimate of drug-likeness (QED) is 0.679. The second-order valence-electron chi connectivity index (χ2n) is 5.38. The molecule has 122 valence electrons. The lowest BCUT2D eigenvalue weighted by Crippen LogP contribution is -2.41. The van der Waals surface area contributed by atoms with Gasteiger partial charge in [-0.05, 0) is 44.0 Å². The molecule has 0 spiro atoms. The minimum atomic E-state index is -0.589. The SMILES string of the molecule is CC(NC(=O)C1CCCNC1)c1ccc(NC(N)=O)cc1.Cl. The third kappa shape index (κ3) is 5.20. The summed E-state index contributed by atoms with van der Waals surface area (Å²) in [5.74, 6) is 0.144. The van der Waals surface area contributed by atoms with E-state index in [2.05, 4.69) is 16.0 Å². The summed E-state index contributed by atoms with van der Waals surface area (Å²) in [6.07, 6.45) is 1.98. The largest absolute Gasteiger partial charge is 0.351 e. The first-order valence-electron chi connectivity index (χ1n) is 7.24. The van der Waals surface area contributed by atoms with Crippen molar-refractivity contribution in [1.29, 1.82) is 0 Å². The first-order valence-corrected chi connectivity index (χ1v) is 7.24. The van der Waals surface area contributed by atoms with Gasteiger partial charge in [-0.1, -0.05) is 12.1 Å². The second kappa shape index (κ2) is 8.60. The lowest BCUT2D eigenvalue weighted by Gasteiger charge is -2.24. The van der Waals surface area contributed by atoms with Crippen LogP contribution in [-0.4, -0.2) is 25.0 Å². The highest BCUT2D eigenvalue weighted by Crippen LogP contribution is 2.18. The number of hydrogen-bond donors (Lipinski definition) is 4. The van der Waals surface area contributed by atoms with Crippen LogP contribution in [0.1, 0.15) is 31.4 Å². The normalized spacial score (nSPS) is 18.7. The first-order chi connectivity index (χ1) is 10.1. The Kier molecular flexibility index (Phi) is 7.14. The van der Waals surface area contributed by atoms with Crippen molar-refractivity contribution in [2.24, 2.45) is 11.7 Å². The van der Waals surface area contributed by atoms with Gasteiger partial charge in [-0.3, -0.25) is 4.79 Å². The van der Waals surface area contributed by atoms with Crippen LogP contribution < -0.4 is 21.7 Å². The molecule has 2 atom stereocenters. The minimum Gasteiger partial charge on any atom is -0.351 e. The molecule has 6 nitrogen and oxygen atoms in total. The van der Waals surface area contributed by atoms with Crippen LogP contribution in [0.5, 0.6) is 0 Å². The Labute approximate surface area is 136 Å². The Morgan fingerprint density at radius 3 is 2.55 bits per heavy atom. The number of piperidine rings is 1. The maximum absolute atomic E-state index is 12.2. The molecule has 2 rings (SSSR count). The predicted molar refractivity (Wildman–Crippen MR) is 89.0 cm³/mol. The minimum absolute atomic E-state index is 0. The van der Waals surface area contributed by atoms with Gasteiger partial charge in [0.1, 0.15) is 0 Å². The topological polar surface area (TPSA) is 96.2 Å². The van der Waals surface area contributed by atoms with E-state index in [9.17, 15) is 9.59 Å². The van der Waals surface area contributed by atoms with Crippen molar-refractivity contribution in [2.75, 3.05) is 18.4 Å². The molecular formula is C15H23ClN4O2. The van der Waals surface area contributed by atoms with Gasteiger partial charge in [-0.25, -0.2) is 4.79 Å². The molecule has 2 unspecified atom stereocenters. The molecule has 22 heavy (non-hydrogen) atoms. The Hall–Kier alpha value is -1.79. The average molecular weight is 327 g/mol. The Morgan fingerprint density at radius 2 is 2.00 bits per heavy atom. The molecule has 1 aromatic carbocycles. The highest BCUT2D eigenvalue weighted by atomic mass is 35.5. The van der Waals surface area contributed by atoms with Crippen LogP contribution in [0, 0.1) is 5.92 Å². The third-order valence-corrected chi connectivity index (χ3v) is 3.70. The molecule has 1 aliphatic rings. The van der Waals surface area contributed by atoms with Crippen molar-refractivity contribution >= 4 is 30.0 Å². The molecule has 1 aromatic rings. The lowest BCUT2D eigenvalue weighted by atomic mass is 9.98. The molecule has 0 aliphatic carbocycles. The van der Waals surface area contributed by atoms with Crippen LogP contribution in [0.15, 0.2) is 24.3 Å². The van der Waals surface area contributed by atoms with E-state index in [1.807, 2.05) is 19.1 Å². The fraction of sp³-hybridized carbons (Fsp3) is 0.467. The van der Waals surface area contributed by atoms with Gasteiger partial charge in [0.15, 0.2) is 0 Å². The maximum Gasteiger partial charge on any atom is 0.316 e. The number of nitrogens with one attached hydrogen (secondary N) is 3. The van der Waals surface area contributed by atoms with Crippen LogP contribution >= 0.6 is 12.4 Å². The molecule has 0 aromatic heterocycles. The summed E-state index contributed by atoms with van der Waals surface area (Å²) in [7, 11) is 0. The monoisotopic (exact) mass is 326 g/mol. The zero-order valence-electron chi connectivity index (χ0n) is 12.6. The Bertz CT molecular complexity index is 501. The van der Waals surface area contributed by atoms with E-state index < -0.39 is 6.03 Å². The molecule has 7 heteroatoms. The van der Waals surface area contributed by atoms with Gasteiger partial charge in [-0.2, -0.15) is 0 Å². The highest BCUT2D eigenvalue weighted by molar-refractivity contribution is 5.87. The predicted octanol–water partition coefficient (Wildman–Crippen LogP) is 1.78. The van der Waals surface area contributed by atoms with Crippen molar-refractivity contribution in [2.45, 2.75) is 25.8 Å².